The first kappa shape index (κ1) is 26.3. The van der Waals surface area contributed by atoms with E-state index in [1.165, 1.54) is 12.2 Å². The summed E-state index contributed by atoms with van der Waals surface area (Å²) in [5.41, 5.74) is -1.92. The molecular weight excluding hydrogens is 460 g/mol. The molecule has 1 aromatic carbocycles. The molecule has 35 heavy (non-hydrogen) atoms. The van der Waals surface area contributed by atoms with E-state index in [4.69, 9.17) is 11.6 Å². The largest absolute Gasteiger partial charge is 0.378 e. The van der Waals surface area contributed by atoms with Crippen LogP contribution in [0.4, 0.5) is 5.69 Å². The van der Waals surface area contributed by atoms with Crippen LogP contribution < -0.4 is 4.90 Å². The summed E-state index contributed by atoms with van der Waals surface area (Å²) in [4.78, 5) is 31.3. The highest BCUT2D eigenvalue weighted by molar-refractivity contribution is 6.49. The summed E-state index contributed by atoms with van der Waals surface area (Å²) < 4.78 is 0. The highest BCUT2D eigenvalue weighted by Gasteiger charge is 2.72. The molecule has 7 heteroatoms. The Morgan fingerprint density at radius 1 is 0.971 bits per heavy atom. The molecular formula is C28H31ClN4O2. The molecule has 3 rings (SSSR count). The lowest BCUT2D eigenvalue weighted by Gasteiger charge is -2.49. The number of ketones is 2. The molecule has 0 saturated carbocycles. The molecule has 0 aliphatic heterocycles. The number of carbonyl (C=O) groups is 2. The van der Waals surface area contributed by atoms with Crippen molar-refractivity contribution >= 4 is 34.4 Å². The number of Topliss-reactive ketones (excluding diaryl/α,β-unsaturated/α-hetero) is 2. The first-order valence-electron chi connectivity index (χ1n) is 11.9. The van der Waals surface area contributed by atoms with E-state index in [9.17, 15) is 20.1 Å². The van der Waals surface area contributed by atoms with Gasteiger partial charge in [0.25, 0.3) is 0 Å². The zero-order valence-electron chi connectivity index (χ0n) is 21.1. The summed E-state index contributed by atoms with van der Waals surface area (Å²) in [6.45, 7) is 13.8. The maximum atomic E-state index is 13.8. The molecule has 0 bridgehead atoms. The van der Waals surface area contributed by atoms with Gasteiger partial charge in [-0.1, -0.05) is 23.7 Å². The molecule has 0 radical (unpaired) electrons. The molecule has 0 aromatic heterocycles. The third kappa shape index (κ3) is 3.77. The van der Waals surface area contributed by atoms with Gasteiger partial charge in [-0.3, -0.25) is 9.59 Å². The van der Waals surface area contributed by atoms with E-state index in [2.05, 4.69) is 38.7 Å². The zero-order valence-corrected chi connectivity index (χ0v) is 21.8. The fourth-order valence-electron chi connectivity index (χ4n) is 5.14. The number of halogens is 1. The summed E-state index contributed by atoms with van der Waals surface area (Å²) in [5.74, 6) is -1.34. The van der Waals surface area contributed by atoms with Gasteiger partial charge in [-0.05, 0) is 83.2 Å². The maximum absolute atomic E-state index is 13.8. The average Bonchev–Trinajstić information content (AvgIpc) is 2.81. The predicted molar refractivity (Wildman–Crippen MR) is 138 cm³/mol. The molecule has 2 aliphatic rings. The third-order valence-electron chi connectivity index (χ3n) is 6.93. The Bertz CT molecular complexity index is 1200. The SMILES string of the molecule is CCN(/C=C/C1=C(Cl)C(=O)[C@@]2(C#N)C=C(c3ccc(N(C(C)C)C(C)C)cc3)[C@@]2(C#N)C1=O)CC. The Balaban J connectivity index is 2.12. The van der Waals surface area contributed by atoms with Crippen LogP contribution in [0.25, 0.3) is 5.57 Å². The Hall–Kier alpha value is -3.35. The number of rotatable bonds is 8. The summed E-state index contributed by atoms with van der Waals surface area (Å²) in [5, 5.41) is 20.0. The van der Waals surface area contributed by atoms with E-state index in [0.29, 0.717) is 24.2 Å². The minimum Gasteiger partial charge on any atom is -0.378 e. The topological polar surface area (TPSA) is 88.2 Å². The molecule has 0 fully saturated rings. The monoisotopic (exact) mass is 490 g/mol. The Morgan fingerprint density at radius 3 is 2.00 bits per heavy atom. The van der Waals surface area contributed by atoms with Crippen LogP contribution in [0.3, 0.4) is 0 Å². The van der Waals surface area contributed by atoms with Gasteiger partial charge in [0.2, 0.25) is 5.78 Å². The van der Waals surface area contributed by atoms with Crippen LogP contribution in [0.2, 0.25) is 0 Å². The van der Waals surface area contributed by atoms with Gasteiger partial charge in [-0.25, -0.2) is 0 Å². The number of carbonyl (C=O) groups excluding carboxylic acids is 2. The smallest absolute Gasteiger partial charge is 0.201 e. The second-order valence-corrected chi connectivity index (χ2v) is 9.78. The van der Waals surface area contributed by atoms with Crippen LogP contribution in [-0.2, 0) is 9.59 Å². The lowest BCUT2D eigenvalue weighted by atomic mass is 9.45. The maximum Gasteiger partial charge on any atom is 0.201 e. The second-order valence-electron chi connectivity index (χ2n) is 9.40. The second kappa shape index (κ2) is 9.72. The molecule has 0 N–H and O–H groups in total. The van der Waals surface area contributed by atoms with E-state index >= 15 is 0 Å². The van der Waals surface area contributed by atoms with Crippen LogP contribution >= 0.6 is 11.6 Å². The van der Waals surface area contributed by atoms with Crippen molar-refractivity contribution in [1.29, 1.82) is 10.5 Å². The van der Waals surface area contributed by atoms with Crippen LogP contribution in [0.5, 0.6) is 0 Å². The lowest BCUT2D eigenvalue weighted by Crippen LogP contribution is -2.60. The van der Waals surface area contributed by atoms with Gasteiger partial charge in [-0.15, -0.1) is 0 Å². The van der Waals surface area contributed by atoms with Gasteiger partial charge >= 0.3 is 0 Å². The van der Waals surface area contributed by atoms with Gasteiger partial charge in [-0.2, -0.15) is 10.5 Å². The number of fused-ring (bicyclic) bond motifs is 1. The highest BCUT2D eigenvalue weighted by atomic mass is 35.5. The number of benzene rings is 1. The van der Waals surface area contributed by atoms with Crippen molar-refractivity contribution in [1.82, 2.24) is 4.90 Å². The standard InChI is InChI=1S/C28H31ClN4O2/c1-7-32(8-2)14-13-22-24(29)26(35)27(16-30)15-23(28(27,17-31)25(22)34)20-9-11-21(12-10-20)33(18(3)4)19(5)6/h9-15,18-19H,7-8H2,1-6H3/b14-13+/t27-,28-/m0/s1. The van der Waals surface area contributed by atoms with E-state index in [1.807, 2.05) is 49.1 Å². The fraction of sp³-hybridized carbons (Fsp3) is 0.429. The van der Waals surface area contributed by atoms with Crippen LogP contribution in [0, 0.1) is 33.5 Å². The molecule has 2 atom stereocenters. The first-order valence-corrected chi connectivity index (χ1v) is 12.3. The van der Waals surface area contributed by atoms with Gasteiger partial charge in [0, 0.05) is 36.4 Å². The van der Waals surface area contributed by atoms with E-state index in [-0.39, 0.29) is 22.7 Å². The highest BCUT2D eigenvalue weighted by Crippen LogP contribution is 2.64. The summed E-state index contributed by atoms with van der Waals surface area (Å²) in [6.07, 6.45) is 4.61. The number of nitrogens with zero attached hydrogens (tertiary/aromatic N) is 4. The molecule has 0 saturated heterocycles. The first-order chi connectivity index (χ1) is 16.6. The zero-order chi connectivity index (χ0) is 26.1. The summed E-state index contributed by atoms with van der Waals surface area (Å²) >= 11 is 6.33. The van der Waals surface area contributed by atoms with Crippen LogP contribution in [0.1, 0.15) is 47.1 Å². The van der Waals surface area contributed by atoms with Crippen molar-refractivity contribution in [2.45, 2.75) is 53.6 Å². The van der Waals surface area contributed by atoms with Crippen molar-refractivity contribution in [3.63, 3.8) is 0 Å². The Labute approximate surface area is 212 Å². The summed E-state index contributed by atoms with van der Waals surface area (Å²) in [7, 11) is 0. The van der Waals surface area contributed by atoms with Crippen molar-refractivity contribution in [2.24, 2.45) is 10.8 Å². The number of hydrogen-bond donors (Lipinski definition) is 0. The summed E-state index contributed by atoms with van der Waals surface area (Å²) in [6, 6.07) is 12.1. The van der Waals surface area contributed by atoms with Gasteiger partial charge in [0.15, 0.2) is 16.6 Å². The molecule has 2 aliphatic carbocycles. The number of anilines is 1. The normalized spacial score (nSPS) is 23.7. The molecule has 182 valence electrons. The van der Waals surface area contributed by atoms with Crippen molar-refractivity contribution in [3.05, 3.63) is 58.8 Å². The van der Waals surface area contributed by atoms with Gasteiger partial charge in [0.1, 0.15) is 0 Å². The molecule has 0 unspecified atom stereocenters. The number of nitriles is 2. The van der Waals surface area contributed by atoms with E-state index in [0.717, 1.165) is 5.69 Å². The number of allylic oxidation sites excluding steroid dienone is 5. The molecule has 6 nitrogen and oxygen atoms in total. The van der Waals surface area contributed by atoms with Crippen LogP contribution in [0.15, 0.2) is 53.2 Å². The van der Waals surface area contributed by atoms with E-state index < -0.39 is 22.4 Å². The van der Waals surface area contributed by atoms with E-state index in [1.54, 1.807) is 6.20 Å². The Morgan fingerprint density at radius 2 is 1.54 bits per heavy atom. The number of hydrogen-bond acceptors (Lipinski definition) is 6. The predicted octanol–water partition coefficient (Wildman–Crippen LogP) is 5.23. The lowest BCUT2D eigenvalue weighted by molar-refractivity contribution is -0.133. The minimum atomic E-state index is -1.95. The third-order valence-corrected chi connectivity index (χ3v) is 7.31. The molecule has 1 aromatic rings. The average molecular weight is 491 g/mol. The van der Waals surface area contributed by atoms with Crippen molar-refractivity contribution < 1.29 is 9.59 Å². The molecule has 0 spiro atoms. The molecule has 0 heterocycles. The fourth-order valence-corrected chi connectivity index (χ4v) is 5.43. The Kier molecular flexibility index (Phi) is 7.29. The van der Waals surface area contributed by atoms with Gasteiger partial charge in [0.05, 0.1) is 17.2 Å². The van der Waals surface area contributed by atoms with Crippen molar-refractivity contribution in [2.75, 3.05) is 18.0 Å². The van der Waals surface area contributed by atoms with Crippen LogP contribution in [-0.4, -0.2) is 41.6 Å². The van der Waals surface area contributed by atoms with Crippen molar-refractivity contribution in [3.8, 4) is 12.1 Å². The molecule has 0 amide bonds. The quantitative estimate of drug-likeness (QED) is 0.496. The van der Waals surface area contributed by atoms with Gasteiger partial charge < -0.3 is 9.80 Å². The minimum absolute atomic E-state index is 0.0380.